The Hall–Kier alpha value is -0.730. The van der Waals surface area contributed by atoms with Gasteiger partial charge in [-0.3, -0.25) is 0 Å². The number of allylic oxidation sites excluding steroid dienone is 1. The van der Waals surface area contributed by atoms with Crippen LogP contribution >= 0.6 is 25.3 Å². The van der Waals surface area contributed by atoms with Gasteiger partial charge < -0.3 is 11.5 Å². The van der Waals surface area contributed by atoms with Gasteiger partial charge in [-0.25, -0.2) is 8.42 Å². The second kappa shape index (κ2) is 4.68. The zero-order valence-electron chi connectivity index (χ0n) is 9.89. The predicted octanol–water partition coefficient (Wildman–Crippen LogP) is 1.08. The Morgan fingerprint density at radius 1 is 1.05 bits per heavy atom. The fraction of sp³-hybridized carbons (Fsp3) is 0.167. The molecular formula is C12H14N2O2S3. The molecule has 1 aliphatic rings. The van der Waals surface area contributed by atoms with Gasteiger partial charge in [0.25, 0.3) is 0 Å². The third-order valence-corrected chi connectivity index (χ3v) is 5.70. The van der Waals surface area contributed by atoms with E-state index in [0.717, 1.165) is 0 Å². The van der Waals surface area contributed by atoms with Gasteiger partial charge in [0.05, 0.1) is 9.80 Å². The van der Waals surface area contributed by atoms with Crippen LogP contribution in [-0.4, -0.2) is 18.2 Å². The Bertz CT molecular complexity index is 647. The molecule has 0 saturated heterocycles. The summed E-state index contributed by atoms with van der Waals surface area (Å²) >= 11 is 8.42. The number of hydrogen-bond acceptors (Lipinski definition) is 6. The zero-order chi connectivity index (χ0) is 14.3. The molecule has 19 heavy (non-hydrogen) atoms. The van der Waals surface area contributed by atoms with Crippen LogP contribution in [0.25, 0.3) is 0 Å². The molecule has 0 amide bonds. The highest BCUT2D eigenvalue weighted by Gasteiger charge is 2.41. The lowest BCUT2D eigenvalue weighted by atomic mass is 10.0. The second-order valence-electron chi connectivity index (χ2n) is 4.36. The molecule has 2 rings (SSSR count). The van der Waals surface area contributed by atoms with Crippen molar-refractivity contribution in [1.29, 1.82) is 0 Å². The number of rotatable bonds is 2. The van der Waals surface area contributed by atoms with Crippen LogP contribution in [0.15, 0.2) is 58.4 Å². The van der Waals surface area contributed by atoms with E-state index >= 15 is 0 Å². The standard InChI is InChI=1S/C12H14N2O2S3/c13-11(14)8-10(6-7-12(11,17)18)19(15,16)9-4-2-1-3-5-9/h1-8,17-18H,13-14H2. The van der Waals surface area contributed by atoms with Crippen molar-refractivity contribution < 1.29 is 8.42 Å². The van der Waals surface area contributed by atoms with Crippen molar-refractivity contribution in [3.05, 3.63) is 53.5 Å². The van der Waals surface area contributed by atoms with E-state index in [-0.39, 0.29) is 9.80 Å². The second-order valence-corrected chi connectivity index (χ2v) is 8.07. The molecule has 4 nitrogen and oxygen atoms in total. The van der Waals surface area contributed by atoms with Crippen LogP contribution in [0.1, 0.15) is 0 Å². The van der Waals surface area contributed by atoms with E-state index in [0.29, 0.717) is 0 Å². The third-order valence-electron chi connectivity index (χ3n) is 2.86. The summed E-state index contributed by atoms with van der Waals surface area (Å²) in [5.74, 6) is 0. The Morgan fingerprint density at radius 2 is 1.63 bits per heavy atom. The summed E-state index contributed by atoms with van der Waals surface area (Å²) in [5.41, 5.74) is 10.2. The van der Waals surface area contributed by atoms with Gasteiger partial charge in [-0.1, -0.05) is 24.3 Å². The van der Waals surface area contributed by atoms with Gasteiger partial charge in [0, 0.05) is 0 Å². The van der Waals surface area contributed by atoms with Gasteiger partial charge >= 0.3 is 0 Å². The van der Waals surface area contributed by atoms with Crippen molar-refractivity contribution in [1.82, 2.24) is 0 Å². The molecule has 1 aliphatic carbocycles. The normalized spacial score (nSPS) is 20.9. The lowest BCUT2D eigenvalue weighted by Crippen LogP contribution is -2.61. The largest absolute Gasteiger partial charge is 0.308 e. The van der Waals surface area contributed by atoms with Crippen LogP contribution in [0, 0.1) is 0 Å². The first kappa shape index (κ1) is 14.7. The van der Waals surface area contributed by atoms with E-state index in [1.165, 1.54) is 30.4 Å². The van der Waals surface area contributed by atoms with Crippen LogP contribution in [0.3, 0.4) is 0 Å². The first-order valence-electron chi connectivity index (χ1n) is 5.41. The van der Waals surface area contributed by atoms with E-state index < -0.39 is 19.6 Å². The number of hydrogen-bond donors (Lipinski definition) is 4. The van der Waals surface area contributed by atoms with Gasteiger partial charge in [0.15, 0.2) is 0 Å². The molecule has 7 heteroatoms. The smallest absolute Gasteiger partial charge is 0.206 e. The van der Waals surface area contributed by atoms with Crippen molar-refractivity contribution >= 4 is 35.1 Å². The molecule has 0 fully saturated rings. The summed E-state index contributed by atoms with van der Waals surface area (Å²) < 4.78 is 23.7. The van der Waals surface area contributed by atoms with Gasteiger partial charge in [-0.05, 0) is 24.3 Å². The van der Waals surface area contributed by atoms with Gasteiger partial charge in [0.1, 0.15) is 9.74 Å². The Morgan fingerprint density at radius 3 is 2.16 bits per heavy atom. The molecule has 0 unspecified atom stereocenters. The Balaban J connectivity index is 2.51. The van der Waals surface area contributed by atoms with Crippen molar-refractivity contribution in [2.45, 2.75) is 14.6 Å². The van der Waals surface area contributed by atoms with Crippen LogP contribution in [0.4, 0.5) is 0 Å². The Kier molecular flexibility index (Phi) is 3.61. The average Bonchev–Trinajstić information content (AvgIpc) is 2.34. The van der Waals surface area contributed by atoms with E-state index in [9.17, 15) is 8.42 Å². The minimum Gasteiger partial charge on any atom is -0.308 e. The molecule has 0 spiro atoms. The molecule has 0 atom stereocenters. The summed E-state index contributed by atoms with van der Waals surface area (Å²) in [6.07, 6.45) is 4.16. The molecule has 4 N–H and O–H groups in total. The monoisotopic (exact) mass is 314 g/mol. The topological polar surface area (TPSA) is 86.2 Å². The summed E-state index contributed by atoms with van der Waals surface area (Å²) in [6, 6.07) is 8.08. The fourth-order valence-electron chi connectivity index (χ4n) is 1.64. The summed E-state index contributed by atoms with van der Waals surface area (Å²) in [5, 5.41) is 0. The van der Waals surface area contributed by atoms with Gasteiger partial charge in [-0.2, -0.15) is 25.3 Å². The maximum absolute atomic E-state index is 12.4. The number of nitrogens with two attached hydrogens (primary N) is 2. The van der Waals surface area contributed by atoms with Crippen LogP contribution in [-0.2, 0) is 9.84 Å². The average molecular weight is 314 g/mol. The minimum absolute atomic E-state index is 0.0439. The summed E-state index contributed by atoms with van der Waals surface area (Å²) in [4.78, 5) is 0.231. The lowest BCUT2D eigenvalue weighted by Gasteiger charge is -2.37. The maximum Gasteiger partial charge on any atom is 0.206 e. The van der Waals surface area contributed by atoms with Crippen LogP contribution in [0.5, 0.6) is 0 Å². The Labute approximate surface area is 123 Å². The van der Waals surface area contributed by atoms with E-state index in [1.54, 1.807) is 18.2 Å². The van der Waals surface area contributed by atoms with E-state index in [4.69, 9.17) is 11.5 Å². The van der Waals surface area contributed by atoms with Gasteiger partial charge in [0.2, 0.25) is 9.84 Å². The SMILES string of the molecule is NC1(N)C=C(S(=O)(=O)c2ccccc2)C=CC1(S)S. The van der Waals surface area contributed by atoms with E-state index in [1.807, 2.05) is 0 Å². The highest BCUT2D eigenvalue weighted by Crippen LogP contribution is 2.37. The van der Waals surface area contributed by atoms with Crippen molar-refractivity contribution in [2.75, 3.05) is 0 Å². The van der Waals surface area contributed by atoms with Crippen molar-refractivity contribution in [3.63, 3.8) is 0 Å². The highest BCUT2D eigenvalue weighted by atomic mass is 32.2. The molecule has 0 bridgehead atoms. The quantitative estimate of drug-likeness (QED) is 0.486. The molecule has 0 aliphatic heterocycles. The minimum atomic E-state index is -3.64. The van der Waals surface area contributed by atoms with Crippen LogP contribution in [0.2, 0.25) is 0 Å². The first-order chi connectivity index (χ1) is 8.67. The first-order valence-corrected chi connectivity index (χ1v) is 7.79. The highest BCUT2D eigenvalue weighted by molar-refractivity contribution is 8.01. The summed E-state index contributed by atoms with van der Waals surface area (Å²) in [6.45, 7) is 0. The molecular weight excluding hydrogens is 300 g/mol. The number of thiol groups is 2. The molecule has 0 heterocycles. The molecule has 1 aromatic carbocycles. The molecule has 1 aromatic rings. The van der Waals surface area contributed by atoms with Crippen molar-refractivity contribution in [2.24, 2.45) is 11.5 Å². The van der Waals surface area contributed by atoms with Crippen molar-refractivity contribution in [3.8, 4) is 0 Å². The number of sulfone groups is 1. The molecule has 0 saturated carbocycles. The fourth-order valence-corrected chi connectivity index (χ4v) is 3.30. The molecule has 0 aromatic heterocycles. The summed E-state index contributed by atoms with van der Waals surface area (Å²) in [7, 11) is -3.64. The zero-order valence-corrected chi connectivity index (χ0v) is 12.5. The predicted molar refractivity (Wildman–Crippen MR) is 82.7 cm³/mol. The van der Waals surface area contributed by atoms with Crippen LogP contribution < -0.4 is 11.5 Å². The molecule has 0 radical (unpaired) electrons. The van der Waals surface area contributed by atoms with E-state index in [2.05, 4.69) is 25.3 Å². The van der Waals surface area contributed by atoms with Gasteiger partial charge in [-0.15, -0.1) is 0 Å². The molecule has 102 valence electrons. The third kappa shape index (κ3) is 2.61. The number of benzene rings is 1. The lowest BCUT2D eigenvalue weighted by molar-refractivity contribution is 0.543. The maximum atomic E-state index is 12.4.